The third-order valence-electron chi connectivity index (χ3n) is 4.33. The Balaban J connectivity index is 1.46. The van der Waals surface area contributed by atoms with E-state index in [1.807, 2.05) is 18.4 Å². The summed E-state index contributed by atoms with van der Waals surface area (Å²) in [5.41, 5.74) is 1.69. The number of hydrogen-bond acceptors (Lipinski definition) is 9. The van der Waals surface area contributed by atoms with Gasteiger partial charge in [-0.15, -0.1) is 11.3 Å². The number of aromatic nitrogens is 2. The van der Waals surface area contributed by atoms with Gasteiger partial charge in [0.2, 0.25) is 5.91 Å². The smallest absolute Gasteiger partial charge is 0.227 e. The summed E-state index contributed by atoms with van der Waals surface area (Å²) < 4.78 is 32.9. The van der Waals surface area contributed by atoms with Gasteiger partial charge in [0.1, 0.15) is 5.75 Å². The van der Waals surface area contributed by atoms with Crippen molar-refractivity contribution in [3.05, 3.63) is 36.4 Å². The molecule has 2 aromatic carbocycles. The summed E-state index contributed by atoms with van der Waals surface area (Å²) in [4.78, 5) is 21.5. The fourth-order valence-corrected chi connectivity index (χ4v) is 6.72. The highest BCUT2D eigenvalue weighted by molar-refractivity contribution is 8.00. The molecule has 1 N–H and O–H groups in total. The Morgan fingerprint density at radius 3 is 2.40 bits per heavy atom. The SMILES string of the molecule is COc1ccc(S(=O)(=O)CCC(=O)Nc2nc3ccc4nc(SC)sc4c3s2)cc1. The number of sulfone groups is 1. The number of fused-ring (bicyclic) bond motifs is 3. The fraction of sp³-hybridized carbons (Fsp3) is 0.211. The zero-order valence-corrected chi connectivity index (χ0v) is 19.3. The van der Waals surface area contributed by atoms with Gasteiger partial charge < -0.3 is 10.1 Å². The number of thioether (sulfide) groups is 1. The quantitative estimate of drug-likeness (QED) is 0.391. The highest BCUT2D eigenvalue weighted by atomic mass is 32.2. The van der Waals surface area contributed by atoms with Gasteiger partial charge in [-0.1, -0.05) is 23.1 Å². The molecule has 11 heteroatoms. The minimum atomic E-state index is -3.57. The van der Waals surface area contributed by atoms with Gasteiger partial charge in [-0.05, 0) is 42.7 Å². The number of methoxy groups -OCH3 is 1. The fourth-order valence-electron chi connectivity index (χ4n) is 2.80. The molecular weight excluding hydrogens is 462 g/mol. The maximum Gasteiger partial charge on any atom is 0.227 e. The Bertz CT molecular complexity index is 1330. The molecule has 0 atom stereocenters. The lowest BCUT2D eigenvalue weighted by molar-refractivity contribution is -0.115. The molecule has 4 rings (SSSR count). The molecular formula is C19H17N3O4S4. The molecule has 0 radical (unpaired) electrons. The first kappa shape index (κ1) is 21.0. The van der Waals surface area contributed by atoms with Crippen LogP contribution in [0.5, 0.6) is 5.75 Å². The van der Waals surface area contributed by atoms with Gasteiger partial charge >= 0.3 is 0 Å². The Labute approximate surface area is 185 Å². The van der Waals surface area contributed by atoms with E-state index in [1.54, 1.807) is 35.2 Å². The van der Waals surface area contributed by atoms with Gasteiger partial charge in [0, 0.05) is 6.42 Å². The third kappa shape index (κ3) is 4.29. The lowest BCUT2D eigenvalue weighted by Crippen LogP contribution is -2.17. The van der Waals surface area contributed by atoms with Crippen molar-refractivity contribution < 1.29 is 17.9 Å². The maximum atomic E-state index is 12.5. The molecule has 0 fully saturated rings. The number of nitrogens with zero attached hydrogens (tertiary/aromatic N) is 2. The number of amides is 1. The Kier molecular flexibility index (Phi) is 5.96. The zero-order valence-electron chi connectivity index (χ0n) is 16.0. The number of rotatable bonds is 7. The topological polar surface area (TPSA) is 98.2 Å². The maximum absolute atomic E-state index is 12.5. The molecule has 0 saturated heterocycles. The second kappa shape index (κ2) is 8.50. The monoisotopic (exact) mass is 479 g/mol. The molecule has 0 aliphatic heterocycles. The molecule has 156 valence electrons. The average Bonchev–Trinajstić information content (AvgIpc) is 3.35. The molecule has 7 nitrogen and oxygen atoms in total. The molecule has 0 aliphatic carbocycles. The van der Waals surface area contributed by atoms with Gasteiger partial charge in [0.15, 0.2) is 19.3 Å². The van der Waals surface area contributed by atoms with E-state index in [0.717, 1.165) is 24.8 Å². The number of benzene rings is 2. The van der Waals surface area contributed by atoms with Crippen LogP contribution >= 0.6 is 34.4 Å². The Morgan fingerprint density at radius 1 is 1.07 bits per heavy atom. The van der Waals surface area contributed by atoms with E-state index in [0.29, 0.717) is 10.9 Å². The predicted octanol–water partition coefficient (Wildman–Crippen LogP) is 4.44. The number of anilines is 1. The van der Waals surface area contributed by atoms with Crippen molar-refractivity contribution in [2.24, 2.45) is 0 Å². The average molecular weight is 480 g/mol. The van der Waals surface area contributed by atoms with E-state index in [1.165, 1.54) is 30.6 Å². The molecule has 2 aromatic heterocycles. The molecule has 0 unspecified atom stereocenters. The summed E-state index contributed by atoms with van der Waals surface area (Å²) >= 11 is 4.55. The van der Waals surface area contributed by atoms with Crippen LogP contribution in [0.4, 0.5) is 5.13 Å². The Morgan fingerprint density at radius 2 is 1.73 bits per heavy atom. The van der Waals surface area contributed by atoms with Crippen LogP contribution in [-0.4, -0.2) is 43.4 Å². The van der Waals surface area contributed by atoms with Crippen molar-refractivity contribution in [3.8, 4) is 5.75 Å². The van der Waals surface area contributed by atoms with Crippen molar-refractivity contribution in [3.63, 3.8) is 0 Å². The van der Waals surface area contributed by atoms with Crippen LogP contribution in [0.1, 0.15) is 6.42 Å². The second-order valence-electron chi connectivity index (χ2n) is 6.26. The first-order valence-corrected chi connectivity index (χ1v) is 13.3. The van der Waals surface area contributed by atoms with Gasteiger partial charge in [0.25, 0.3) is 0 Å². The van der Waals surface area contributed by atoms with E-state index in [4.69, 9.17) is 4.74 Å². The normalized spacial score (nSPS) is 11.8. The highest BCUT2D eigenvalue weighted by Crippen LogP contribution is 2.38. The van der Waals surface area contributed by atoms with Crippen LogP contribution in [0, 0.1) is 0 Å². The van der Waals surface area contributed by atoms with Crippen molar-refractivity contribution in [1.82, 2.24) is 9.97 Å². The molecule has 0 spiro atoms. The molecule has 2 heterocycles. The van der Waals surface area contributed by atoms with Gasteiger partial charge in [-0.25, -0.2) is 18.4 Å². The number of hydrogen-bond donors (Lipinski definition) is 1. The van der Waals surface area contributed by atoms with E-state index < -0.39 is 15.7 Å². The standard InChI is InChI=1S/C19H17N3O4S4/c1-26-11-3-5-12(6-4-11)30(24,25)10-9-15(23)22-18-20-13-7-8-14-17(16(13)28-18)29-19(21-14)27-2/h3-8H,9-10H2,1-2H3,(H,20,22,23). The molecule has 30 heavy (non-hydrogen) atoms. The van der Waals surface area contributed by atoms with Crippen molar-refractivity contribution in [2.75, 3.05) is 24.4 Å². The van der Waals surface area contributed by atoms with Crippen molar-refractivity contribution in [1.29, 1.82) is 0 Å². The summed E-state index contributed by atoms with van der Waals surface area (Å²) in [5, 5.41) is 3.17. The van der Waals surface area contributed by atoms with Crippen molar-refractivity contribution in [2.45, 2.75) is 15.7 Å². The second-order valence-corrected chi connectivity index (χ2v) is 11.4. The minimum absolute atomic E-state index is 0.156. The van der Waals surface area contributed by atoms with Crippen LogP contribution in [0.3, 0.4) is 0 Å². The van der Waals surface area contributed by atoms with Gasteiger partial charge in [-0.2, -0.15) is 0 Å². The summed E-state index contributed by atoms with van der Waals surface area (Å²) in [6.07, 6.45) is 1.82. The highest BCUT2D eigenvalue weighted by Gasteiger charge is 2.18. The predicted molar refractivity (Wildman–Crippen MR) is 123 cm³/mol. The van der Waals surface area contributed by atoms with Crippen LogP contribution in [-0.2, 0) is 14.6 Å². The van der Waals surface area contributed by atoms with Crippen LogP contribution in [0.2, 0.25) is 0 Å². The van der Waals surface area contributed by atoms with Crippen LogP contribution in [0.15, 0.2) is 45.6 Å². The van der Waals surface area contributed by atoms with E-state index in [2.05, 4.69) is 15.3 Å². The van der Waals surface area contributed by atoms with E-state index >= 15 is 0 Å². The van der Waals surface area contributed by atoms with Gasteiger partial charge in [0.05, 0.1) is 38.2 Å². The first-order chi connectivity index (χ1) is 14.4. The van der Waals surface area contributed by atoms with Gasteiger partial charge in [-0.3, -0.25) is 4.79 Å². The molecule has 1 amide bonds. The number of ether oxygens (including phenoxy) is 1. The summed E-state index contributed by atoms with van der Waals surface area (Å²) in [5.74, 6) is -0.106. The van der Waals surface area contributed by atoms with Crippen molar-refractivity contribution >= 4 is 75.7 Å². The number of nitrogens with one attached hydrogen (secondary N) is 1. The number of carbonyl (C=O) groups is 1. The minimum Gasteiger partial charge on any atom is -0.497 e. The third-order valence-corrected chi connectivity index (χ3v) is 9.27. The largest absolute Gasteiger partial charge is 0.497 e. The molecule has 0 saturated carbocycles. The van der Waals surface area contributed by atoms with E-state index in [-0.39, 0.29) is 17.1 Å². The Hall–Kier alpha value is -2.21. The lowest BCUT2D eigenvalue weighted by Gasteiger charge is -2.06. The molecule has 4 aromatic rings. The summed E-state index contributed by atoms with van der Waals surface area (Å²) in [6, 6.07) is 9.90. The number of thiazole rings is 2. The van der Waals surface area contributed by atoms with Crippen LogP contribution in [0.25, 0.3) is 20.4 Å². The number of carbonyl (C=O) groups excluding carboxylic acids is 1. The lowest BCUT2D eigenvalue weighted by atomic mass is 10.3. The van der Waals surface area contributed by atoms with Crippen LogP contribution < -0.4 is 10.1 Å². The zero-order chi connectivity index (χ0) is 21.3. The summed E-state index contributed by atoms with van der Waals surface area (Å²) in [7, 11) is -2.06. The summed E-state index contributed by atoms with van der Waals surface area (Å²) in [6.45, 7) is 0. The van der Waals surface area contributed by atoms with E-state index in [9.17, 15) is 13.2 Å². The molecule has 0 bridgehead atoms. The molecule has 0 aliphatic rings. The first-order valence-electron chi connectivity index (χ1n) is 8.80.